The predicted molar refractivity (Wildman–Crippen MR) is 63.1 cm³/mol. The standard InChI is InChI=1S/C13H11N3O/c14-8-10-3-1-4-11(7-10)13(17)16-9-12-5-2-6-15-12/h1-7,15H,9H2,(H,16,17). The van der Waals surface area contributed by atoms with Crippen molar-refractivity contribution in [3.05, 3.63) is 59.4 Å². The van der Waals surface area contributed by atoms with Crippen LogP contribution in [0, 0.1) is 11.3 Å². The zero-order valence-electron chi connectivity index (χ0n) is 9.10. The fourth-order valence-corrected chi connectivity index (χ4v) is 1.49. The normalized spacial score (nSPS) is 9.59. The Kier molecular flexibility index (Phi) is 3.22. The van der Waals surface area contributed by atoms with E-state index in [1.807, 2.05) is 18.2 Å². The molecule has 0 aliphatic carbocycles. The third kappa shape index (κ3) is 2.73. The van der Waals surface area contributed by atoms with Gasteiger partial charge in [0.05, 0.1) is 18.2 Å². The largest absolute Gasteiger partial charge is 0.364 e. The Labute approximate surface area is 98.9 Å². The lowest BCUT2D eigenvalue weighted by Gasteiger charge is -2.03. The van der Waals surface area contributed by atoms with Crippen molar-refractivity contribution < 1.29 is 4.79 Å². The summed E-state index contributed by atoms with van der Waals surface area (Å²) in [5, 5.41) is 11.5. The van der Waals surface area contributed by atoms with Gasteiger partial charge in [0.2, 0.25) is 0 Å². The Bertz CT molecular complexity index is 552. The molecule has 0 aliphatic heterocycles. The highest BCUT2D eigenvalue weighted by Gasteiger charge is 2.05. The average Bonchev–Trinajstić information content (AvgIpc) is 2.89. The topological polar surface area (TPSA) is 68.7 Å². The van der Waals surface area contributed by atoms with Crippen LogP contribution in [0.25, 0.3) is 0 Å². The molecule has 2 N–H and O–H groups in total. The van der Waals surface area contributed by atoms with Crippen molar-refractivity contribution >= 4 is 5.91 Å². The van der Waals surface area contributed by atoms with Gasteiger partial charge in [0.25, 0.3) is 5.91 Å². The van der Waals surface area contributed by atoms with Gasteiger partial charge in [-0.1, -0.05) is 6.07 Å². The van der Waals surface area contributed by atoms with E-state index in [4.69, 9.17) is 5.26 Å². The second-order valence-electron chi connectivity index (χ2n) is 3.57. The molecule has 1 aromatic carbocycles. The Morgan fingerprint density at radius 2 is 2.24 bits per heavy atom. The molecule has 1 amide bonds. The molecule has 0 radical (unpaired) electrons. The lowest BCUT2D eigenvalue weighted by Crippen LogP contribution is -2.22. The molecular weight excluding hydrogens is 214 g/mol. The van der Waals surface area contributed by atoms with Gasteiger partial charge in [-0.15, -0.1) is 0 Å². The first-order valence-electron chi connectivity index (χ1n) is 5.20. The quantitative estimate of drug-likeness (QED) is 0.836. The maximum atomic E-state index is 11.8. The highest BCUT2D eigenvalue weighted by molar-refractivity contribution is 5.94. The van der Waals surface area contributed by atoms with E-state index in [1.165, 1.54) is 0 Å². The van der Waals surface area contributed by atoms with Crippen LogP contribution in [0.3, 0.4) is 0 Å². The number of aromatic amines is 1. The van der Waals surface area contributed by atoms with Gasteiger partial charge in [0.15, 0.2) is 0 Å². The SMILES string of the molecule is N#Cc1cccc(C(=O)NCc2ccc[nH]2)c1. The minimum absolute atomic E-state index is 0.184. The third-order valence-corrected chi connectivity index (χ3v) is 2.36. The van der Waals surface area contributed by atoms with E-state index in [0.29, 0.717) is 17.7 Å². The summed E-state index contributed by atoms with van der Waals surface area (Å²) >= 11 is 0. The van der Waals surface area contributed by atoms with E-state index in [-0.39, 0.29) is 5.91 Å². The highest BCUT2D eigenvalue weighted by Crippen LogP contribution is 2.04. The van der Waals surface area contributed by atoms with E-state index >= 15 is 0 Å². The van der Waals surface area contributed by atoms with E-state index in [1.54, 1.807) is 30.5 Å². The van der Waals surface area contributed by atoms with Crippen LogP contribution in [-0.2, 0) is 6.54 Å². The molecule has 2 aromatic rings. The molecule has 0 aliphatic rings. The minimum atomic E-state index is -0.184. The summed E-state index contributed by atoms with van der Waals surface area (Å²) in [7, 11) is 0. The monoisotopic (exact) mass is 225 g/mol. The van der Waals surface area contributed by atoms with Crippen LogP contribution >= 0.6 is 0 Å². The van der Waals surface area contributed by atoms with Gasteiger partial charge in [-0.3, -0.25) is 4.79 Å². The summed E-state index contributed by atoms with van der Waals surface area (Å²) in [6.07, 6.45) is 1.80. The number of carbonyl (C=O) groups excluding carboxylic acids is 1. The number of nitrogens with zero attached hydrogens (tertiary/aromatic N) is 1. The number of hydrogen-bond acceptors (Lipinski definition) is 2. The van der Waals surface area contributed by atoms with E-state index in [2.05, 4.69) is 10.3 Å². The van der Waals surface area contributed by atoms with Gasteiger partial charge in [0, 0.05) is 17.5 Å². The molecule has 1 heterocycles. The number of rotatable bonds is 3. The second kappa shape index (κ2) is 4.99. The van der Waals surface area contributed by atoms with Crippen LogP contribution in [0.4, 0.5) is 0 Å². The van der Waals surface area contributed by atoms with Crippen LogP contribution in [-0.4, -0.2) is 10.9 Å². The van der Waals surface area contributed by atoms with Crippen LogP contribution < -0.4 is 5.32 Å². The fraction of sp³-hybridized carbons (Fsp3) is 0.0769. The Morgan fingerprint density at radius 1 is 1.35 bits per heavy atom. The first-order chi connectivity index (χ1) is 8.29. The lowest BCUT2D eigenvalue weighted by molar-refractivity contribution is 0.0950. The first kappa shape index (κ1) is 11.0. The fourth-order valence-electron chi connectivity index (χ4n) is 1.49. The molecule has 0 atom stereocenters. The van der Waals surface area contributed by atoms with Crippen LogP contribution in [0.5, 0.6) is 0 Å². The van der Waals surface area contributed by atoms with Gasteiger partial charge in [-0.2, -0.15) is 5.26 Å². The summed E-state index contributed by atoms with van der Waals surface area (Å²) in [5.74, 6) is -0.184. The summed E-state index contributed by atoms with van der Waals surface area (Å²) in [4.78, 5) is 14.8. The van der Waals surface area contributed by atoms with Crippen molar-refractivity contribution in [2.45, 2.75) is 6.54 Å². The maximum absolute atomic E-state index is 11.8. The van der Waals surface area contributed by atoms with Crippen molar-refractivity contribution in [3.8, 4) is 6.07 Å². The van der Waals surface area contributed by atoms with Crippen molar-refractivity contribution in [1.82, 2.24) is 10.3 Å². The van der Waals surface area contributed by atoms with Crippen molar-refractivity contribution in [2.75, 3.05) is 0 Å². The molecule has 1 aromatic heterocycles. The molecule has 0 saturated heterocycles. The summed E-state index contributed by atoms with van der Waals surface area (Å²) < 4.78 is 0. The van der Waals surface area contributed by atoms with Crippen molar-refractivity contribution in [3.63, 3.8) is 0 Å². The molecule has 2 rings (SSSR count). The van der Waals surface area contributed by atoms with Crippen molar-refractivity contribution in [1.29, 1.82) is 5.26 Å². The summed E-state index contributed by atoms with van der Waals surface area (Å²) in [5.41, 5.74) is 1.92. The molecule has 84 valence electrons. The first-order valence-corrected chi connectivity index (χ1v) is 5.20. The molecule has 4 heteroatoms. The van der Waals surface area contributed by atoms with Gasteiger partial charge in [-0.25, -0.2) is 0 Å². The van der Waals surface area contributed by atoms with Gasteiger partial charge >= 0.3 is 0 Å². The van der Waals surface area contributed by atoms with Crippen LogP contribution in [0.2, 0.25) is 0 Å². The molecule has 17 heavy (non-hydrogen) atoms. The Hall–Kier alpha value is -2.54. The maximum Gasteiger partial charge on any atom is 0.251 e. The molecule has 0 unspecified atom stereocenters. The summed E-state index contributed by atoms with van der Waals surface area (Å²) in [6, 6.07) is 12.4. The zero-order chi connectivity index (χ0) is 12.1. The number of aromatic nitrogens is 1. The molecule has 0 saturated carbocycles. The number of carbonyl (C=O) groups is 1. The molecule has 0 fully saturated rings. The number of nitrogens with one attached hydrogen (secondary N) is 2. The minimum Gasteiger partial charge on any atom is -0.364 e. The van der Waals surface area contributed by atoms with Crippen LogP contribution in [0.15, 0.2) is 42.6 Å². The van der Waals surface area contributed by atoms with Gasteiger partial charge < -0.3 is 10.3 Å². The van der Waals surface area contributed by atoms with Gasteiger partial charge in [0.1, 0.15) is 0 Å². The number of amides is 1. The molecule has 0 spiro atoms. The van der Waals surface area contributed by atoms with Gasteiger partial charge in [-0.05, 0) is 30.3 Å². The Balaban J connectivity index is 2.02. The average molecular weight is 225 g/mol. The molecule has 4 nitrogen and oxygen atoms in total. The van der Waals surface area contributed by atoms with E-state index in [0.717, 1.165) is 5.69 Å². The molecule has 0 bridgehead atoms. The smallest absolute Gasteiger partial charge is 0.251 e. The van der Waals surface area contributed by atoms with Crippen LogP contribution in [0.1, 0.15) is 21.6 Å². The summed E-state index contributed by atoms with van der Waals surface area (Å²) in [6.45, 7) is 0.447. The lowest BCUT2D eigenvalue weighted by atomic mass is 10.1. The molecular formula is C13H11N3O. The number of H-pyrrole nitrogens is 1. The second-order valence-corrected chi connectivity index (χ2v) is 3.57. The number of hydrogen-bond donors (Lipinski definition) is 2. The predicted octanol–water partition coefficient (Wildman–Crippen LogP) is 1.82. The highest BCUT2D eigenvalue weighted by atomic mass is 16.1. The van der Waals surface area contributed by atoms with Crippen molar-refractivity contribution in [2.24, 2.45) is 0 Å². The Morgan fingerprint density at radius 3 is 2.94 bits per heavy atom. The van der Waals surface area contributed by atoms with E-state index < -0.39 is 0 Å². The zero-order valence-corrected chi connectivity index (χ0v) is 9.10. The number of benzene rings is 1. The third-order valence-electron chi connectivity index (χ3n) is 2.36. The number of nitriles is 1. The van der Waals surface area contributed by atoms with E-state index in [9.17, 15) is 4.79 Å².